The van der Waals surface area contributed by atoms with Crippen molar-refractivity contribution >= 4 is 5.91 Å². The van der Waals surface area contributed by atoms with Gasteiger partial charge >= 0.3 is 0 Å². The highest BCUT2D eigenvalue weighted by atomic mass is 16.3. The molecule has 5 nitrogen and oxygen atoms in total. The third-order valence-electron chi connectivity index (χ3n) is 3.85. The molecule has 0 saturated heterocycles. The third-order valence-corrected chi connectivity index (χ3v) is 3.85. The topological polar surface area (TPSA) is 67.6 Å². The summed E-state index contributed by atoms with van der Waals surface area (Å²) in [6, 6.07) is 6.95. The molecule has 0 fully saturated rings. The molecule has 1 aliphatic rings. The predicted octanol–water partition coefficient (Wildman–Crippen LogP) is 1.54. The minimum atomic E-state index is -0.605. The van der Waals surface area contributed by atoms with E-state index in [0.29, 0.717) is 12.0 Å². The van der Waals surface area contributed by atoms with Crippen LogP contribution in [0.25, 0.3) is 0 Å². The first-order valence-corrected chi connectivity index (χ1v) is 7.14. The Labute approximate surface area is 125 Å². The van der Waals surface area contributed by atoms with Crippen molar-refractivity contribution in [2.75, 3.05) is 20.7 Å². The van der Waals surface area contributed by atoms with E-state index in [1.807, 2.05) is 38.1 Å². The van der Waals surface area contributed by atoms with Crippen LogP contribution in [0.4, 0.5) is 0 Å². The predicted molar refractivity (Wildman–Crippen MR) is 79.5 cm³/mol. The number of aliphatic hydroxyl groups excluding tert-OH is 1. The second kappa shape index (κ2) is 6.25. The van der Waals surface area contributed by atoms with Gasteiger partial charge in [0.15, 0.2) is 0 Å². The third kappa shape index (κ3) is 2.78. The Morgan fingerprint density at radius 2 is 2.19 bits per heavy atom. The Morgan fingerprint density at radius 3 is 2.71 bits per heavy atom. The van der Waals surface area contributed by atoms with Crippen LogP contribution < -0.4 is 0 Å². The lowest BCUT2D eigenvalue weighted by molar-refractivity contribution is 0.0572. The van der Waals surface area contributed by atoms with Crippen molar-refractivity contribution < 1.29 is 9.90 Å². The Kier molecular flexibility index (Phi) is 4.61. The minimum absolute atomic E-state index is 0.126. The van der Waals surface area contributed by atoms with Crippen molar-refractivity contribution in [1.29, 1.82) is 5.26 Å². The molecule has 1 aromatic carbocycles. The second-order valence-corrected chi connectivity index (χ2v) is 5.65. The van der Waals surface area contributed by atoms with Gasteiger partial charge in [0.1, 0.15) is 6.04 Å². The van der Waals surface area contributed by atoms with Gasteiger partial charge in [-0.05, 0) is 32.1 Å². The van der Waals surface area contributed by atoms with Crippen molar-refractivity contribution in [1.82, 2.24) is 9.80 Å². The van der Waals surface area contributed by atoms with Crippen LogP contribution in [0.3, 0.4) is 0 Å². The molecule has 1 amide bonds. The van der Waals surface area contributed by atoms with Crippen molar-refractivity contribution in [3.63, 3.8) is 0 Å². The number of rotatable bonds is 5. The highest BCUT2D eigenvalue weighted by Gasteiger charge is 2.40. The van der Waals surface area contributed by atoms with Gasteiger partial charge in [-0.2, -0.15) is 5.26 Å². The van der Waals surface area contributed by atoms with Crippen LogP contribution in [-0.4, -0.2) is 47.6 Å². The van der Waals surface area contributed by atoms with Gasteiger partial charge in [-0.25, -0.2) is 0 Å². The summed E-state index contributed by atoms with van der Waals surface area (Å²) < 4.78 is 0. The van der Waals surface area contributed by atoms with E-state index in [9.17, 15) is 15.2 Å². The summed E-state index contributed by atoms with van der Waals surface area (Å²) in [6.45, 7) is 2.54. The molecule has 0 bridgehead atoms. The highest BCUT2D eigenvalue weighted by molar-refractivity contribution is 6.00. The molecule has 0 spiro atoms. The lowest BCUT2D eigenvalue weighted by atomic mass is 10.0. The summed E-state index contributed by atoms with van der Waals surface area (Å²) in [5.41, 5.74) is 2.41. The fraction of sp³-hybridized carbons (Fsp3) is 0.500. The maximum absolute atomic E-state index is 12.5. The zero-order chi connectivity index (χ0) is 15.6. The van der Waals surface area contributed by atoms with E-state index in [0.717, 1.165) is 17.7 Å². The molecular formula is C16H21N3O2. The normalized spacial score (nSPS) is 18.8. The zero-order valence-corrected chi connectivity index (χ0v) is 12.7. The van der Waals surface area contributed by atoms with Crippen molar-refractivity contribution in [3.8, 4) is 6.07 Å². The number of aliphatic hydroxyl groups is 1. The van der Waals surface area contributed by atoms with Gasteiger partial charge in [-0.1, -0.05) is 19.1 Å². The molecule has 1 heterocycles. The van der Waals surface area contributed by atoms with Gasteiger partial charge in [-0.3, -0.25) is 4.79 Å². The first kappa shape index (κ1) is 15.5. The molecule has 2 atom stereocenters. The number of nitriles is 1. The molecule has 0 aromatic heterocycles. The van der Waals surface area contributed by atoms with E-state index in [1.165, 1.54) is 4.90 Å². The monoisotopic (exact) mass is 287 g/mol. The summed E-state index contributed by atoms with van der Waals surface area (Å²) >= 11 is 0. The zero-order valence-electron chi connectivity index (χ0n) is 12.7. The molecule has 112 valence electrons. The standard InChI is InChI=1S/C16H21N3O2/c1-4-12(10-20)19-15(8-17)14-7-11(9-18(2)3)5-6-13(14)16(19)21/h5-7,12,15,20H,4,9-10H2,1-3H3. The molecule has 21 heavy (non-hydrogen) atoms. The van der Waals surface area contributed by atoms with Gasteiger partial charge in [-0.15, -0.1) is 0 Å². The minimum Gasteiger partial charge on any atom is -0.394 e. The smallest absolute Gasteiger partial charge is 0.255 e. The number of carbonyl (C=O) groups excluding carboxylic acids is 1. The van der Waals surface area contributed by atoms with E-state index >= 15 is 0 Å². The number of benzene rings is 1. The van der Waals surface area contributed by atoms with E-state index in [1.54, 1.807) is 6.07 Å². The number of carbonyl (C=O) groups is 1. The van der Waals surface area contributed by atoms with E-state index in [-0.39, 0.29) is 18.6 Å². The molecule has 5 heteroatoms. The van der Waals surface area contributed by atoms with Gasteiger partial charge in [0, 0.05) is 17.7 Å². The number of hydrogen-bond donors (Lipinski definition) is 1. The van der Waals surface area contributed by atoms with Crippen LogP contribution in [0.2, 0.25) is 0 Å². The number of amides is 1. The second-order valence-electron chi connectivity index (χ2n) is 5.65. The molecular weight excluding hydrogens is 266 g/mol. The number of hydrogen-bond acceptors (Lipinski definition) is 4. The van der Waals surface area contributed by atoms with Gasteiger partial charge < -0.3 is 14.9 Å². The largest absolute Gasteiger partial charge is 0.394 e. The Hall–Kier alpha value is -1.90. The van der Waals surface area contributed by atoms with Gasteiger partial charge in [0.25, 0.3) is 5.91 Å². The van der Waals surface area contributed by atoms with E-state index in [4.69, 9.17) is 0 Å². The molecule has 0 aliphatic carbocycles. The fourth-order valence-corrected chi connectivity index (χ4v) is 2.83. The first-order valence-electron chi connectivity index (χ1n) is 7.14. The highest BCUT2D eigenvalue weighted by Crippen LogP contribution is 2.36. The summed E-state index contributed by atoms with van der Waals surface area (Å²) in [6.07, 6.45) is 0.624. The Balaban J connectivity index is 2.42. The maximum Gasteiger partial charge on any atom is 0.255 e. The van der Waals surface area contributed by atoms with Crippen molar-refractivity contribution in [3.05, 3.63) is 34.9 Å². The summed E-state index contributed by atoms with van der Waals surface area (Å²) in [7, 11) is 3.96. The quantitative estimate of drug-likeness (QED) is 0.892. The van der Waals surface area contributed by atoms with Crippen molar-refractivity contribution in [2.45, 2.75) is 32.0 Å². The Morgan fingerprint density at radius 1 is 1.48 bits per heavy atom. The van der Waals surface area contributed by atoms with Gasteiger partial charge in [0.05, 0.1) is 18.7 Å². The van der Waals surface area contributed by atoms with E-state index in [2.05, 4.69) is 6.07 Å². The Bertz CT molecular complexity index is 573. The van der Waals surface area contributed by atoms with Crippen LogP contribution in [-0.2, 0) is 6.54 Å². The average molecular weight is 287 g/mol. The molecule has 0 saturated carbocycles. The van der Waals surface area contributed by atoms with Crippen LogP contribution in [0.1, 0.15) is 40.9 Å². The molecule has 1 aliphatic heterocycles. The summed E-state index contributed by atoms with van der Waals surface area (Å²) in [5, 5.41) is 18.9. The van der Waals surface area contributed by atoms with Crippen LogP contribution in [0.5, 0.6) is 0 Å². The summed E-state index contributed by atoms with van der Waals surface area (Å²) in [4.78, 5) is 16.1. The number of nitrogens with zero attached hydrogens (tertiary/aromatic N) is 3. The first-order chi connectivity index (χ1) is 10.0. The SMILES string of the molecule is CCC(CO)N1C(=O)c2ccc(CN(C)C)cc2C1C#N. The maximum atomic E-state index is 12.5. The molecule has 0 radical (unpaired) electrons. The molecule has 1 aromatic rings. The van der Waals surface area contributed by atoms with Crippen LogP contribution in [0, 0.1) is 11.3 Å². The fourth-order valence-electron chi connectivity index (χ4n) is 2.83. The van der Waals surface area contributed by atoms with E-state index < -0.39 is 6.04 Å². The lowest BCUT2D eigenvalue weighted by Gasteiger charge is -2.28. The van der Waals surface area contributed by atoms with Crippen LogP contribution in [0.15, 0.2) is 18.2 Å². The number of fused-ring (bicyclic) bond motifs is 1. The lowest BCUT2D eigenvalue weighted by Crippen LogP contribution is -2.39. The molecule has 2 unspecified atom stereocenters. The summed E-state index contributed by atoms with van der Waals surface area (Å²) in [5.74, 6) is -0.158. The molecule has 2 rings (SSSR count). The molecule has 1 N–H and O–H groups in total. The average Bonchev–Trinajstić information content (AvgIpc) is 2.72. The van der Waals surface area contributed by atoms with Gasteiger partial charge in [0.2, 0.25) is 0 Å². The van der Waals surface area contributed by atoms with Crippen LogP contribution >= 0.6 is 0 Å². The van der Waals surface area contributed by atoms with Crippen molar-refractivity contribution in [2.24, 2.45) is 0 Å².